The zero-order valence-corrected chi connectivity index (χ0v) is 12.0. The van der Waals surface area contributed by atoms with Crippen molar-refractivity contribution in [1.29, 1.82) is 0 Å². The van der Waals surface area contributed by atoms with Crippen LogP contribution in [0.25, 0.3) is 0 Å². The molecule has 3 heteroatoms. The van der Waals surface area contributed by atoms with Crippen LogP contribution in [-0.2, 0) is 6.54 Å². The number of piperidine rings is 1. The zero-order chi connectivity index (χ0) is 12.8. The van der Waals surface area contributed by atoms with Crippen molar-refractivity contribution < 1.29 is 0 Å². The van der Waals surface area contributed by atoms with Crippen molar-refractivity contribution in [3.8, 4) is 0 Å². The maximum atomic E-state index is 6.02. The van der Waals surface area contributed by atoms with Crippen molar-refractivity contribution >= 4 is 11.6 Å². The molecule has 0 spiro atoms. The molecule has 1 saturated heterocycles. The molecule has 0 bridgehead atoms. The van der Waals surface area contributed by atoms with Crippen LogP contribution in [0.4, 0.5) is 0 Å². The Labute approximate surface area is 115 Å². The molecule has 0 atom stereocenters. The van der Waals surface area contributed by atoms with Crippen molar-refractivity contribution in [2.75, 3.05) is 26.2 Å². The number of nitrogens with zero attached hydrogens (tertiary/aromatic N) is 1. The molecule has 1 aliphatic rings. The van der Waals surface area contributed by atoms with Gasteiger partial charge in [-0.15, -0.1) is 0 Å². The molecule has 2 nitrogen and oxygen atoms in total. The lowest BCUT2D eigenvalue weighted by Gasteiger charge is -2.26. The smallest absolute Gasteiger partial charge is 0.0435 e. The quantitative estimate of drug-likeness (QED) is 0.824. The van der Waals surface area contributed by atoms with Crippen LogP contribution in [0.5, 0.6) is 0 Å². The lowest BCUT2D eigenvalue weighted by atomic mass is 10.1. The van der Waals surface area contributed by atoms with Gasteiger partial charge in [-0.25, -0.2) is 0 Å². The van der Waals surface area contributed by atoms with Gasteiger partial charge in [0.25, 0.3) is 0 Å². The second-order valence-corrected chi connectivity index (χ2v) is 5.57. The van der Waals surface area contributed by atoms with E-state index in [2.05, 4.69) is 29.3 Å². The van der Waals surface area contributed by atoms with Gasteiger partial charge < -0.3 is 10.2 Å². The van der Waals surface area contributed by atoms with E-state index in [1.165, 1.54) is 44.5 Å². The summed E-state index contributed by atoms with van der Waals surface area (Å²) in [6.45, 7) is 7.79. The molecule has 0 radical (unpaired) electrons. The van der Waals surface area contributed by atoms with Crippen LogP contribution in [0, 0.1) is 6.92 Å². The molecule has 0 aliphatic carbocycles. The Morgan fingerprint density at radius 3 is 2.72 bits per heavy atom. The van der Waals surface area contributed by atoms with E-state index in [0.29, 0.717) is 0 Å². The van der Waals surface area contributed by atoms with Gasteiger partial charge in [-0.3, -0.25) is 0 Å². The van der Waals surface area contributed by atoms with Crippen LogP contribution in [0.3, 0.4) is 0 Å². The van der Waals surface area contributed by atoms with Gasteiger partial charge in [-0.05, 0) is 50.0 Å². The summed E-state index contributed by atoms with van der Waals surface area (Å²) in [6, 6.07) is 6.25. The predicted octanol–water partition coefficient (Wildman–Crippen LogP) is 3.22. The van der Waals surface area contributed by atoms with Crippen LogP contribution < -0.4 is 5.32 Å². The summed E-state index contributed by atoms with van der Waals surface area (Å²) in [5.74, 6) is 0. The van der Waals surface area contributed by atoms with E-state index < -0.39 is 0 Å². The van der Waals surface area contributed by atoms with Gasteiger partial charge in [-0.1, -0.05) is 30.2 Å². The summed E-state index contributed by atoms with van der Waals surface area (Å²) >= 11 is 6.02. The first kappa shape index (κ1) is 13.9. The zero-order valence-electron chi connectivity index (χ0n) is 11.2. The van der Waals surface area contributed by atoms with E-state index in [1.54, 1.807) is 0 Å². The third kappa shape index (κ3) is 4.27. The monoisotopic (exact) mass is 266 g/mol. The van der Waals surface area contributed by atoms with Crippen LogP contribution in [-0.4, -0.2) is 31.1 Å². The second kappa shape index (κ2) is 7.13. The van der Waals surface area contributed by atoms with E-state index in [0.717, 1.165) is 23.7 Å². The molecule has 18 heavy (non-hydrogen) atoms. The molecule has 1 aliphatic heterocycles. The molecule has 1 N–H and O–H groups in total. The first-order chi connectivity index (χ1) is 8.75. The molecule has 0 saturated carbocycles. The van der Waals surface area contributed by atoms with Gasteiger partial charge >= 0.3 is 0 Å². The van der Waals surface area contributed by atoms with Crippen molar-refractivity contribution in [3.63, 3.8) is 0 Å². The third-order valence-electron chi connectivity index (χ3n) is 3.60. The first-order valence-corrected chi connectivity index (χ1v) is 7.31. The molecule has 1 heterocycles. The maximum Gasteiger partial charge on any atom is 0.0435 e. The second-order valence-electron chi connectivity index (χ2n) is 5.16. The number of aryl methyl sites for hydroxylation is 1. The number of rotatable bonds is 5. The van der Waals surface area contributed by atoms with E-state index >= 15 is 0 Å². The molecule has 0 unspecified atom stereocenters. The Morgan fingerprint density at radius 1 is 1.22 bits per heavy atom. The fourth-order valence-electron chi connectivity index (χ4n) is 2.47. The Morgan fingerprint density at radius 2 is 2.00 bits per heavy atom. The highest BCUT2D eigenvalue weighted by Crippen LogP contribution is 2.16. The topological polar surface area (TPSA) is 15.3 Å². The van der Waals surface area contributed by atoms with Gasteiger partial charge in [0.15, 0.2) is 0 Å². The van der Waals surface area contributed by atoms with Gasteiger partial charge in [0, 0.05) is 24.7 Å². The van der Waals surface area contributed by atoms with Gasteiger partial charge in [0.05, 0.1) is 0 Å². The standard InChI is InChI=1S/C15H23ClN2/c1-13-11-14(5-6-15(13)16)12-17-7-10-18-8-3-2-4-9-18/h5-6,11,17H,2-4,7-10,12H2,1H3. The number of halogens is 1. The summed E-state index contributed by atoms with van der Waals surface area (Å²) in [5, 5.41) is 4.36. The summed E-state index contributed by atoms with van der Waals surface area (Å²) in [4.78, 5) is 2.56. The maximum absolute atomic E-state index is 6.02. The van der Waals surface area contributed by atoms with Crippen LogP contribution in [0.1, 0.15) is 30.4 Å². The summed E-state index contributed by atoms with van der Waals surface area (Å²) in [5.41, 5.74) is 2.47. The fraction of sp³-hybridized carbons (Fsp3) is 0.600. The molecular weight excluding hydrogens is 244 g/mol. The largest absolute Gasteiger partial charge is 0.311 e. The number of benzene rings is 1. The van der Waals surface area contributed by atoms with Crippen molar-refractivity contribution in [2.24, 2.45) is 0 Å². The molecular formula is C15H23ClN2. The number of likely N-dealkylation sites (tertiary alicyclic amines) is 1. The van der Waals surface area contributed by atoms with Crippen molar-refractivity contribution in [3.05, 3.63) is 34.3 Å². The highest BCUT2D eigenvalue weighted by atomic mass is 35.5. The van der Waals surface area contributed by atoms with Crippen molar-refractivity contribution in [1.82, 2.24) is 10.2 Å². The molecule has 100 valence electrons. The Hall–Kier alpha value is -0.570. The van der Waals surface area contributed by atoms with Crippen LogP contribution in [0.15, 0.2) is 18.2 Å². The summed E-state index contributed by atoms with van der Waals surface area (Å²) < 4.78 is 0. The molecule has 1 aromatic carbocycles. The number of hydrogen-bond donors (Lipinski definition) is 1. The highest BCUT2D eigenvalue weighted by Gasteiger charge is 2.08. The Balaban J connectivity index is 1.66. The number of hydrogen-bond acceptors (Lipinski definition) is 2. The molecule has 0 amide bonds. The molecule has 0 aromatic heterocycles. The minimum Gasteiger partial charge on any atom is -0.311 e. The van der Waals surface area contributed by atoms with Crippen molar-refractivity contribution in [2.45, 2.75) is 32.7 Å². The van der Waals surface area contributed by atoms with Gasteiger partial charge in [-0.2, -0.15) is 0 Å². The van der Waals surface area contributed by atoms with E-state index in [4.69, 9.17) is 11.6 Å². The van der Waals surface area contributed by atoms with E-state index in [-0.39, 0.29) is 0 Å². The minimum absolute atomic E-state index is 0.854. The van der Waals surface area contributed by atoms with Crippen LogP contribution >= 0.6 is 11.6 Å². The lowest BCUT2D eigenvalue weighted by Crippen LogP contribution is -2.35. The average molecular weight is 267 g/mol. The van der Waals surface area contributed by atoms with Gasteiger partial charge in [0.1, 0.15) is 0 Å². The number of nitrogens with one attached hydrogen (secondary N) is 1. The van der Waals surface area contributed by atoms with E-state index in [9.17, 15) is 0 Å². The SMILES string of the molecule is Cc1cc(CNCCN2CCCCC2)ccc1Cl. The van der Waals surface area contributed by atoms with Crippen LogP contribution in [0.2, 0.25) is 5.02 Å². The summed E-state index contributed by atoms with van der Waals surface area (Å²) in [6.07, 6.45) is 4.15. The average Bonchev–Trinajstić information content (AvgIpc) is 2.40. The highest BCUT2D eigenvalue weighted by molar-refractivity contribution is 6.31. The molecule has 1 fully saturated rings. The first-order valence-electron chi connectivity index (χ1n) is 6.94. The molecule has 2 rings (SSSR count). The predicted molar refractivity (Wildman–Crippen MR) is 78.2 cm³/mol. The lowest BCUT2D eigenvalue weighted by molar-refractivity contribution is 0.229. The molecule has 1 aromatic rings. The Kier molecular flexibility index (Phi) is 5.48. The normalized spacial score (nSPS) is 17.0. The summed E-state index contributed by atoms with van der Waals surface area (Å²) in [7, 11) is 0. The van der Waals surface area contributed by atoms with E-state index in [1.807, 2.05) is 6.07 Å². The Bertz CT molecular complexity index is 373. The van der Waals surface area contributed by atoms with Gasteiger partial charge in [0.2, 0.25) is 0 Å². The minimum atomic E-state index is 0.854. The third-order valence-corrected chi connectivity index (χ3v) is 4.03. The fourth-order valence-corrected chi connectivity index (χ4v) is 2.59.